The third-order valence-corrected chi connectivity index (χ3v) is 10.2. The van der Waals surface area contributed by atoms with Crippen LogP contribution < -0.4 is 0 Å². The number of hydrogen-bond acceptors (Lipinski definition) is 6. The summed E-state index contributed by atoms with van der Waals surface area (Å²) in [6.07, 6.45) is 0. The molecule has 0 atom stereocenters. The van der Waals surface area contributed by atoms with Crippen LogP contribution in [0, 0.1) is 0 Å². The molecule has 0 fully saturated rings. The van der Waals surface area contributed by atoms with Crippen molar-refractivity contribution in [2.75, 3.05) is 0 Å². The number of aromatic nitrogens is 6. The van der Waals surface area contributed by atoms with Gasteiger partial charge in [0.15, 0.2) is 17.5 Å². The summed E-state index contributed by atoms with van der Waals surface area (Å²) < 4.78 is 0. The SMILES string of the molecule is c1ccc(-c2cc(-c3ccccc3)nc(-c3ccc(-c4nc(-c5ccc(-c6nc(-c7ccccc7)cc(-c7ccccc7)n6)cc5)c5ccccc5n4)cc3)n2)cc1. The van der Waals surface area contributed by atoms with E-state index in [0.717, 1.165) is 83.9 Å². The summed E-state index contributed by atoms with van der Waals surface area (Å²) in [5.41, 5.74) is 13.1. The lowest BCUT2D eigenvalue weighted by Crippen LogP contribution is -1.97. The second kappa shape index (κ2) is 15.3. The molecular formula is C52H34N6. The highest BCUT2D eigenvalue weighted by atomic mass is 14.9. The average molecular weight is 743 g/mol. The van der Waals surface area contributed by atoms with Gasteiger partial charge in [-0.05, 0) is 18.2 Å². The molecule has 7 aromatic carbocycles. The van der Waals surface area contributed by atoms with E-state index in [1.807, 2.05) is 91.0 Å². The first-order valence-electron chi connectivity index (χ1n) is 19.2. The van der Waals surface area contributed by atoms with E-state index in [4.69, 9.17) is 29.9 Å². The summed E-state index contributed by atoms with van der Waals surface area (Å²) in [7, 11) is 0. The van der Waals surface area contributed by atoms with Crippen LogP contribution in [-0.4, -0.2) is 29.9 Å². The number of benzene rings is 7. The van der Waals surface area contributed by atoms with Crippen molar-refractivity contribution in [3.8, 4) is 90.5 Å². The molecule has 0 aliphatic carbocycles. The molecule has 3 heterocycles. The molecule has 272 valence electrons. The largest absolute Gasteiger partial charge is 0.228 e. The molecule has 0 spiro atoms. The number of fused-ring (bicyclic) bond motifs is 1. The Bertz CT molecular complexity index is 2890. The van der Waals surface area contributed by atoms with E-state index in [9.17, 15) is 0 Å². The van der Waals surface area contributed by atoms with Gasteiger partial charge in [-0.2, -0.15) is 0 Å². The Balaban J connectivity index is 1.01. The van der Waals surface area contributed by atoms with Gasteiger partial charge in [0.1, 0.15) is 0 Å². The van der Waals surface area contributed by atoms with Crippen LogP contribution in [0.1, 0.15) is 0 Å². The van der Waals surface area contributed by atoms with Gasteiger partial charge in [-0.25, -0.2) is 29.9 Å². The van der Waals surface area contributed by atoms with Gasteiger partial charge in [0.05, 0.1) is 34.0 Å². The Hall–Kier alpha value is -7.96. The fourth-order valence-corrected chi connectivity index (χ4v) is 7.15. The molecule has 0 aliphatic heterocycles. The fourth-order valence-electron chi connectivity index (χ4n) is 7.15. The van der Waals surface area contributed by atoms with Crippen molar-refractivity contribution in [1.29, 1.82) is 0 Å². The minimum atomic E-state index is 0.639. The van der Waals surface area contributed by atoms with Crippen LogP contribution in [0.3, 0.4) is 0 Å². The van der Waals surface area contributed by atoms with E-state index < -0.39 is 0 Å². The van der Waals surface area contributed by atoms with Crippen LogP contribution in [0.2, 0.25) is 0 Å². The monoisotopic (exact) mass is 742 g/mol. The zero-order chi connectivity index (χ0) is 38.7. The smallest absolute Gasteiger partial charge is 0.160 e. The molecule has 0 radical (unpaired) electrons. The quantitative estimate of drug-likeness (QED) is 0.154. The molecule has 10 aromatic rings. The van der Waals surface area contributed by atoms with Crippen LogP contribution >= 0.6 is 0 Å². The Morgan fingerprint density at radius 3 is 0.914 bits per heavy atom. The minimum absolute atomic E-state index is 0.639. The normalized spacial score (nSPS) is 11.1. The van der Waals surface area contributed by atoms with Gasteiger partial charge in [-0.15, -0.1) is 0 Å². The van der Waals surface area contributed by atoms with Crippen molar-refractivity contribution in [2.24, 2.45) is 0 Å². The molecular weight excluding hydrogens is 709 g/mol. The summed E-state index contributed by atoms with van der Waals surface area (Å²) in [4.78, 5) is 30.3. The minimum Gasteiger partial charge on any atom is -0.228 e. The lowest BCUT2D eigenvalue weighted by Gasteiger charge is -2.12. The zero-order valence-electron chi connectivity index (χ0n) is 31.3. The number of hydrogen-bond donors (Lipinski definition) is 0. The molecule has 10 rings (SSSR count). The molecule has 0 aliphatic rings. The Morgan fingerprint density at radius 2 is 0.534 bits per heavy atom. The molecule has 0 unspecified atom stereocenters. The van der Waals surface area contributed by atoms with Gasteiger partial charge in [0.2, 0.25) is 0 Å². The standard InChI is InChI=1S/C52H34N6/c1-5-15-35(16-6-1)45-33-46(36-17-7-2-8-18-36)55-50(54-45)40-27-25-39(26-28-40)49-43-23-13-14-24-44(43)53-52(58-49)42-31-29-41(30-32-42)51-56-47(37-19-9-3-10-20-37)34-48(57-51)38-21-11-4-12-22-38/h1-34H. The molecule has 6 nitrogen and oxygen atoms in total. The van der Waals surface area contributed by atoms with Crippen LogP contribution in [0.15, 0.2) is 206 Å². The summed E-state index contributed by atoms with van der Waals surface area (Å²) in [6.45, 7) is 0. The van der Waals surface area contributed by atoms with Gasteiger partial charge in [-0.3, -0.25) is 0 Å². The first-order valence-corrected chi connectivity index (χ1v) is 19.2. The lowest BCUT2D eigenvalue weighted by atomic mass is 10.0. The van der Waals surface area contributed by atoms with E-state index in [1.54, 1.807) is 0 Å². The van der Waals surface area contributed by atoms with Crippen molar-refractivity contribution in [3.05, 3.63) is 206 Å². The third kappa shape index (κ3) is 7.02. The molecule has 0 amide bonds. The van der Waals surface area contributed by atoms with E-state index in [0.29, 0.717) is 17.5 Å². The maximum absolute atomic E-state index is 5.19. The van der Waals surface area contributed by atoms with Gasteiger partial charge in [0.25, 0.3) is 0 Å². The Kier molecular flexibility index (Phi) is 9.10. The van der Waals surface area contributed by atoms with E-state index in [1.165, 1.54) is 0 Å². The second-order valence-corrected chi connectivity index (χ2v) is 14.0. The first-order chi connectivity index (χ1) is 28.7. The fraction of sp³-hybridized carbons (Fsp3) is 0. The van der Waals surface area contributed by atoms with E-state index >= 15 is 0 Å². The Labute approximate surface area is 336 Å². The molecule has 0 saturated heterocycles. The highest BCUT2D eigenvalue weighted by Gasteiger charge is 2.16. The third-order valence-electron chi connectivity index (χ3n) is 10.2. The predicted molar refractivity (Wildman–Crippen MR) is 234 cm³/mol. The summed E-state index contributed by atoms with van der Waals surface area (Å²) >= 11 is 0. The van der Waals surface area contributed by atoms with Crippen LogP contribution in [0.5, 0.6) is 0 Å². The zero-order valence-corrected chi connectivity index (χ0v) is 31.3. The lowest BCUT2D eigenvalue weighted by molar-refractivity contribution is 1.18. The van der Waals surface area contributed by atoms with Crippen LogP contribution in [0.4, 0.5) is 0 Å². The maximum Gasteiger partial charge on any atom is 0.160 e. The number of para-hydroxylation sites is 1. The van der Waals surface area contributed by atoms with Crippen molar-refractivity contribution in [1.82, 2.24) is 29.9 Å². The van der Waals surface area contributed by atoms with Crippen molar-refractivity contribution < 1.29 is 0 Å². The van der Waals surface area contributed by atoms with Gasteiger partial charge < -0.3 is 0 Å². The highest BCUT2D eigenvalue weighted by molar-refractivity contribution is 5.94. The van der Waals surface area contributed by atoms with Gasteiger partial charge in [0, 0.05) is 49.9 Å². The van der Waals surface area contributed by atoms with Crippen molar-refractivity contribution >= 4 is 10.9 Å². The molecule has 0 bridgehead atoms. The average Bonchev–Trinajstić information content (AvgIpc) is 3.32. The summed E-state index contributed by atoms with van der Waals surface area (Å²) in [5.74, 6) is 1.95. The highest BCUT2D eigenvalue weighted by Crippen LogP contribution is 2.33. The number of rotatable bonds is 8. The molecule has 0 N–H and O–H groups in total. The summed E-state index contributed by atoms with van der Waals surface area (Å²) in [6, 6.07) is 69.7. The van der Waals surface area contributed by atoms with E-state index in [2.05, 4.69) is 115 Å². The predicted octanol–water partition coefficient (Wildman–Crippen LogP) is 12.5. The first kappa shape index (κ1) is 34.5. The topological polar surface area (TPSA) is 77.3 Å². The molecule has 6 heteroatoms. The Morgan fingerprint density at radius 1 is 0.224 bits per heavy atom. The maximum atomic E-state index is 5.19. The van der Waals surface area contributed by atoms with Gasteiger partial charge in [-0.1, -0.05) is 188 Å². The molecule has 3 aromatic heterocycles. The van der Waals surface area contributed by atoms with Crippen molar-refractivity contribution in [3.63, 3.8) is 0 Å². The van der Waals surface area contributed by atoms with E-state index in [-0.39, 0.29) is 0 Å². The second-order valence-electron chi connectivity index (χ2n) is 14.0. The number of nitrogens with zero attached hydrogens (tertiary/aromatic N) is 6. The van der Waals surface area contributed by atoms with Crippen LogP contribution in [-0.2, 0) is 0 Å². The van der Waals surface area contributed by atoms with Crippen molar-refractivity contribution in [2.45, 2.75) is 0 Å². The summed E-state index contributed by atoms with van der Waals surface area (Å²) in [5, 5.41) is 0.976. The van der Waals surface area contributed by atoms with Crippen LogP contribution in [0.25, 0.3) is 101 Å². The molecule has 58 heavy (non-hydrogen) atoms. The van der Waals surface area contributed by atoms with Gasteiger partial charge >= 0.3 is 0 Å². The molecule has 0 saturated carbocycles.